The fourth-order valence-corrected chi connectivity index (χ4v) is 3.65. The highest BCUT2D eigenvalue weighted by Crippen LogP contribution is 2.32. The third kappa shape index (κ3) is 3.96. The van der Waals surface area contributed by atoms with Crippen LogP contribution in [0.15, 0.2) is 41.3 Å². The number of benzene rings is 1. The molecule has 1 fully saturated rings. The lowest BCUT2D eigenvalue weighted by atomic mass is 9.96. The van der Waals surface area contributed by atoms with Crippen molar-refractivity contribution in [2.24, 2.45) is 13.0 Å². The number of amides is 2. The minimum Gasteiger partial charge on any atom is -0.454 e. The molecule has 0 bridgehead atoms. The maximum atomic E-state index is 12.6. The Balaban J connectivity index is 1.29. The summed E-state index contributed by atoms with van der Waals surface area (Å²) in [4.78, 5) is 38.9. The van der Waals surface area contributed by atoms with Gasteiger partial charge >= 0.3 is 0 Å². The molecule has 8 heteroatoms. The monoisotopic (exact) mass is 397 g/mol. The van der Waals surface area contributed by atoms with Gasteiger partial charge in [-0.2, -0.15) is 0 Å². The van der Waals surface area contributed by atoms with Crippen LogP contribution in [0.25, 0.3) is 0 Å². The third-order valence-corrected chi connectivity index (χ3v) is 5.44. The normalized spacial score (nSPS) is 16.0. The highest BCUT2D eigenvalue weighted by molar-refractivity contribution is 5.95. The Labute approximate surface area is 168 Å². The number of aryl methyl sites for hydroxylation is 1. The predicted octanol–water partition coefficient (Wildman–Crippen LogP) is 1.40. The molecule has 4 rings (SSSR count). The van der Waals surface area contributed by atoms with E-state index in [-0.39, 0.29) is 35.6 Å². The van der Waals surface area contributed by atoms with E-state index in [0.29, 0.717) is 36.7 Å². The summed E-state index contributed by atoms with van der Waals surface area (Å²) in [7, 11) is 1.63. The van der Waals surface area contributed by atoms with E-state index in [1.807, 2.05) is 0 Å². The average molecular weight is 397 g/mol. The molecule has 3 heterocycles. The van der Waals surface area contributed by atoms with Gasteiger partial charge in [-0.25, -0.2) is 0 Å². The Morgan fingerprint density at radius 1 is 1.14 bits per heavy atom. The van der Waals surface area contributed by atoms with Crippen molar-refractivity contribution in [3.63, 3.8) is 0 Å². The number of carbonyl (C=O) groups excluding carboxylic acids is 2. The van der Waals surface area contributed by atoms with Gasteiger partial charge in [-0.1, -0.05) is 0 Å². The molecule has 2 aliphatic heterocycles. The second kappa shape index (κ2) is 7.98. The van der Waals surface area contributed by atoms with Crippen LogP contribution in [0.4, 0.5) is 0 Å². The number of ether oxygens (including phenoxy) is 2. The summed E-state index contributed by atoms with van der Waals surface area (Å²) in [6.45, 7) is 1.86. The van der Waals surface area contributed by atoms with E-state index in [9.17, 15) is 14.4 Å². The van der Waals surface area contributed by atoms with Gasteiger partial charge in [-0.3, -0.25) is 14.4 Å². The highest BCUT2D eigenvalue weighted by Gasteiger charge is 2.26. The topological polar surface area (TPSA) is 89.9 Å². The molecule has 1 N–H and O–H groups in total. The summed E-state index contributed by atoms with van der Waals surface area (Å²) in [5.74, 6) is 1.13. The number of carbonyl (C=O) groups is 2. The first-order valence-electron chi connectivity index (χ1n) is 9.65. The van der Waals surface area contributed by atoms with Crippen molar-refractivity contribution >= 4 is 11.8 Å². The fourth-order valence-electron chi connectivity index (χ4n) is 3.65. The lowest BCUT2D eigenvalue weighted by Gasteiger charge is -2.32. The lowest BCUT2D eigenvalue weighted by Crippen LogP contribution is -2.43. The van der Waals surface area contributed by atoms with E-state index in [1.165, 1.54) is 4.57 Å². The van der Waals surface area contributed by atoms with Gasteiger partial charge in [0.1, 0.15) is 5.56 Å². The van der Waals surface area contributed by atoms with E-state index in [1.54, 1.807) is 48.5 Å². The smallest absolute Gasteiger partial charge is 0.263 e. The van der Waals surface area contributed by atoms with Gasteiger partial charge in [0.25, 0.3) is 17.4 Å². The average Bonchev–Trinajstić information content (AvgIpc) is 3.22. The van der Waals surface area contributed by atoms with Gasteiger partial charge in [0.05, 0.1) is 0 Å². The molecule has 1 aromatic carbocycles. The number of likely N-dealkylation sites (tertiary alicyclic amines) is 1. The van der Waals surface area contributed by atoms with E-state index in [4.69, 9.17) is 9.47 Å². The number of nitrogens with zero attached hydrogens (tertiary/aromatic N) is 2. The Kier molecular flexibility index (Phi) is 5.24. The molecule has 8 nitrogen and oxygen atoms in total. The highest BCUT2D eigenvalue weighted by atomic mass is 16.7. The number of pyridine rings is 1. The second-order valence-electron chi connectivity index (χ2n) is 7.35. The molecule has 0 saturated carbocycles. The molecule has 29 heavy (non-hydrogen) atoms. The summed E-state index contributed by atoms with van der Waals surface area (Å²) < 4.78 is 12.0. The number of aromatic nitrogens is 1. The first-order chi connectivity index (χ1) is 14.0. The molecule has 1 saturated heterocycles. The molecule has 0 radical (unpaired) electrons. The Morgan fingerprint density at radius 2 is 1.90 bits per heavy atom. The van der Waals surface area contributed by atoms with Crippen LogP contribution >= 0.6 is 0 Å². The zero-order chi connectivity index (χ0) is 20.4. The number of nitrogens with one attached hydrogen (secondary N) is 1. The van der Waals surface area contributed by atoms with Crippen LogP contribution in [0, 0.1) is 5.92 Å². The largest absolute Gasteiger partial charge is 0.454 e. The van der Waals surface area contributed by atoms with Crippen molar-refractivity contribution in [1.29, 1.82) is 0 Å². The van der Waals surface area contributed by atoms with Crippen molar-refractivity contribution in [2.75, 3.05) is 26.4 Å². The summed E-state index contributed by atoms with van der Waals surface area (Å²) >= 11 is 0. The Bertz CT molecular complexity index is 992. The maximum Gasteiger partial charge on any atom is 0.263 e. The predicted molar refractivity (Wildman–Crippen MR) is 105 cm³/mol. The molecule has 2 amide bonds. The standard InChI is InChI=1S/C21H23N3O5/c1-23-8-2-3-16(20(23)26)21(27)24-9-6-14(7-10-24)12-22-19(25)15-4-5-17-18(11-15)29-13-28-17/h2-5,8,11,14H,6-7,9-10,12-13H2,1H3,(H,22,25). The summed E-state index contributed by atoms with van der Waals surface area (Å²) in [5, 5.41) is 2.96. The quantitative estimate of drug-likeness (QED) is 0.842. The molecular formula is C21H23N3O5. The molecule has 0 aliphatic carbocycles. The van der Waals surface area contributed by atoms with Crippen LogP contribution in [0.3, 0.4) is 0 Å². The van der Waals surface area contributed by atoms with E-state index in [2.05, 4.69) is 5.32 Å². The molecule has 0 atom stereocenters. The first-order valence-corrected chi connectivity index (χ1v) is 9.65. The van der Waals surface area contributed by atoms with Crippen LogP contribution in [0.5, 0.6) is 11.5 Å². The minimum atomic E-state index is -0.282. The van der Waals surface area contributed by atoms with E-state index in [0.717, 1.165) is 12.8 Å². The lowest BCUT2D eigenvalue weighted by molar-refractivity contribution is 0.0682. The molecular weight excluding hydrogens is 374 g/mol. The zero-order valence-corrected chi connectivity index (χ0v) is 16.2. The molecule has 1 aromatic heterocycles. The Hall–Kier alpha value is -3.29. The fraction of sp³-hybridized carbons (Fsp3) is 0.381. The van der Waals surface area contributed by atoms with Crippen LogP contribution < -0.4 is 20.3 Å². The van der Waals surface area contributed by atoms with Crippen molar-refractivity contribution in [1.82, 2.24) is 14.8 Å². The summed E-state index contributed by atoms with van der Waals surface area (Å²) in [5.41, 5.74) is 0.446. The van der Waals surface area contributed by atoms with Crippen LogP contribution in [0.1, 0.15) is 33.6 Å². The van der Waals surface area contributed by atoms with Crippen molar-refractivity contribution in [3.8, 4) is 11.5 Å². The molecule has 0 spiro atoms. The van der Waals surface area contributed by atoms with Crippen molar-refractivity contribution in [2.45, 2.75) is 12.8 Å². The molecule has 2 aromatic rings. The van der Waals surface area contributed by atoms with E-state index >= 15 is 0 Å². The SMILES string of the molecule is Cn1cccc(C(=O)N2CCC(CNC(=O)c3ccc4c(c3)OCO4)CC2)c1=O. The van der Waals surface area contributed by atoms with Crippen LogP contribution in [-0.2, 0) is 7.05 Å². The van der Waals surface area contributed by atoms with Crippen molar-refractivity contribution in [3.05, 3.63) is 58.0 Å². The van der Waals surface area contributed by atoms with Gasteiger partial charge in [-0.05, 0) is 49.1 Å². The van der Waals surface area contributed by atoms with E-state index < -0.39 is 0 Å². The van der Waals surface area contributed by atoms with Gasteiger partial charge in [0.15, 0.2) is 11.5 Å². The van der Waals surface area contributed by atoms with Gasteiger partial charge in [0.2, 0.25) is 6.79 Å². The summed E-state index contributed by atoms with van der Waals surface area (Å²) in [6, 6.07) is 8.40. The maximum absolute atomic E-state index is 12.6. The number of piperidine rings is 1. The molecule has 0 unspecified atom stereocenters. The number of fused-ring (bicyclic) bond motifs is 1. The number of hydrogen-bond acceptors (Lipinski definition) is 5. The molecule has 152 valence electrons. The zero-order valence-electron chi connectivity index (χ0n) is 16.2. The minimum absolute atomic E-state index is 0.158. The Morgan fingerprint density at radius 3 is 2.69 bits per heavy atom. The van der Waals surface area contributed by atoms with Crippen LogP contribution in [0.2, 0.25) is 0 Å². The number of rotatable bonds is 4. The first kappa shape index (κ1) is 19.0. The van der Waals surface area contributed by atoms with Crippen LogP contribution in [-0.4, -0.2) is 47.7 Å². The number of hydrogen-bond donors (Lipinski definition) is 1. The summed E-state index contributed by atoms with van der Waals surface area (Å²) in [6.07, 6.45) is 3.19. The van der Waals surface area contributed by atoms with Gasteiger partial charge in [-0.15, -0.1) is 0 Å². The van der Waals surface area contributed by atoms with Gasteiger partial charge in [0, 0.05) is 38.4 Å². The molecule has 2 aliphatic rings. The third-order valence-electron chi connectivity index (χ3n) is 5.44. The second-order valence-corrected chi connectivity index (χ2v) is 7.35. The van der Waals surface area contributed by atoms with Crippen molar-refractivity contribution < 1.29 is 19.1 Å². The van der Waals surface area contributed by atoms with Gasteiger partial charge < -0.3 is 24.3 Å².